The van der Waals surface area contributed by atoms with Crippen LogP contribution in [0.5, 0.6) is 5.75 Å². The molecule has 0 saturated carbocycles. The molecular weight excluding hydrogens is 274 g/mol. The van der Waals surface area contributed by atoms with Gasteiger partial charge in [-0.05, 0) is 47.6 Å². The predicted octanol–water partition coefficient (Wildman–Crippen LogP) is 3.79. The zero-order valence-corrected chi connectivity index (χ0v) is 13.3. The smallest absolute Gasteiger partial charge is 0.219 e. The molecule has 0 radical (unpaired) electrons. The molecule has 1 unspecified atom stereocenters. The van der Waals surface area contributed by atoms with Crippen molar-refractivity contribution in [1.82, 2.24) is 5.32 Å². The van der Waals surface area contributed by atoms with Crippen LogP contribution in [0.3, 0.4) is 0 Å². The van der Waals surface area contributed by atoms with Gasteiger partial charge in [-0.25, -0.2) is 0 Å². The predicted molar refractivity (Wildman–Crippen MR) is 89.5 cm³/mol. The molecule has 0 heterocycles. The highest BCUT2D eigenvalue weighted by Gasteiger charge is 2.27. The summed E-state index contributed by atoms with van der Waals surface area (Å²) in [6.07, 6.45) is 3.51. The van der Waals surface area contributed by atoms with Gasteiger partial charge >= 0.3 is 0 Å². The lowest BCUT2D eigenvalue weighted by molar-refractivity contribution is -0.121. The molecule has 0 saturated heterocycles. The molecule has 1 amide bonds. The number of rotatable bonds is 6. The zero-order chi connectivity index (χ0) is 15.5. The summed E-state index contributed by atoms with van der Waals surface area (Å²) in [6.45, 7) is 2.76. The number of carbonyl (C=O) groups is 1. The van der Waals surface area contributed by atoms with Gasteiger partial charge in [-0.2, -0.15) is 0 Å². The Morgan fingerprint density at radius 1 is 1.32 bits per heavy atom. The maximum absolute atomic E-state index is 11.6. The number of hydrogen-bond donors (Lipinski definition) is 1. The first-order valence-corrected chi connectivity index (χ1v) is 8.09. The standard InChI is InChI=1S/C19H23NO2/c1-3-5-17(21)20-11-10-15-12-14-7-4-6-13-8-9-16(22-2)19(15)18(13)14/h4,6-9,15H,3,5,10-12H2,1-2H3,(H,20,21). The molecule has 0 spiro atoms. The second kappa shape index (κ2) is 6.39. The van der Waals surface area contributed by atoms with E-state index in [-0.39, 0.29) is 5.91 Å². The zero-order valence-electron chi connectivity index (χ0n) is 13.3. The van der Waals surface area contributed by atoms with Crippen molar-refractivity contribution >= 4 is 16.7 Å². The van der Waals surface area contributed by atoms with Crippen LogP contribution in [0.4, 0.5) is 0 Å². The Labute approximate surface area is 131 Å². The van der Waals surface area contributed by atoms with E-state index in [2.05, 4.69) is 35.6 Å². The third-order valence-corrected chi connectivity index (χ3v) is 4.52. The van der Waals surface area contributed by atoms with Gasteiger partial charge in [0.2, 0.25) is 5.91 Å². The third-order valence-electron chi connectivity index (χ3n) is 4.52. The van der Waals surface area contributed by atoms with Crippen LogP contribution >= 0.6 is 0 Å². The Kier molecular flexibility index (Phi) is 4.32. The summed E-state index contributed by atoms with van der Waals surface area (Å²) in [4.78, 5) is 11.6. The molecule has 1 atom stereocenters. The van der Waals surface area contributed by atoms with E-state index in [9.17, 15) is 4.79 Å². The fourth-order valence-electron chi connectivity index (χ4n) is 3.53. The minimum atomic E-state index is 0.156. The highest BCUT2D eigenvalue weighted by Crippen LogP contribution is 2.44. The summed E-state index contributed by atoms with van der Waals surface area (Å²) in [7, 11) is 1.73. The minimum Gasteiger partial charge on any atom is -0.496 e. The van der Waals surface area contributed by atoms with Gasteiger partial charge in [0.15, 0.2) is 0 Å². The Morgan fingerprint density at radius 3 is 2.95 bits per heavy atom. The average molecular weight is 297 g/mol. The van der Waals surface area contributed by atoms with E-state index < -0.39 is 0 Å². The van der Waals surface area contributed by atoms with Crippen LogP contribution in [0.15, 0.2) is 30.3 Å². The largest absolute Gasteiger partial charge is 0.496 e. The average Bonchev–Trinajstić information content (AvgIpc) is 2.89. The van der Waals surface area contributed by atoms with Crippen LogP contribution in [0.1, 0.15) is 43.2 Å². The molecule has 1 aliphatic carbocycles. The summed E-state index contributed by atoms with van der Waals surface area (Å²) in [5.41, 5.74) is 2.72. The normalized spacial score (nSPS) is 16.0. The monoisotopic (exact) mass is 297 g/mol. The fourth-order valence-corrected chi connectivity index (χ4v) is 3.53. The SMILES string of the molecule is CCCC(=O)NCCC1Cc2cccc3ccc(OC)c1c23. The number of methoxy groups -OCH3 is 1. The van der Waals surface area contributed by atoms with Crippen molar-refractivity contribution in [1.29, 1.82) is 0 Å². The molecular formula is C19H23NO2. The minimum absolute atomic E-state index is 0.156. The van der Waals surface area contributed by atoms with Crippen LogP contribution in [0.25, 0.3) is 10.8 Å². The molecule has 0 aromatic heterocycles. The summed E-state index contributed by atoms with van der Waals surface area (Å²) in [5, 5.41) is 5.66. The van der Waals surface area contributed by atoms with Crippen LogP contribution < -0.4 is 10.1 Å². The Morgan fingerprint density at radius 2 is 2.18 bits per heavy atom. The van der Waals surface area contributed by atoms with E-state index in [1.807, 2.05) is 6.92 Å². The second-order valence-corrected chi connectivity index (χ2v) is 5.99. The van der Waals surface area contributed by atoms with E-state index >= 15 is 0 Å². The Hall–Kier alpha value is -2.03. The molecule has 1 aliphatic rings. The first-order chi connectivity index (χ1) is 10.7. The Bertz CT molecular complexity index is 693. The molecule has 2 aromatic carbocycles. The van der Waals surface area contributed by atoms with Crippen LogP contribution in [-0.2, 0) is 11.2 Å². The molecule has 2 aromatic rings. The summed E-state index contributed by atoms with van der Waals surface area (Å²) >= 11 is 0. The first kappa shape index (κ1) is 14.9. The van der Waals surface area contributed by atoms with Crippen molar-refractivity contribution in [2.24, 2.45) is 0 Å². The Balaban J connectivity index is 1.80. The van der Waals surface area contributed by atoms with Gasteiger partial charge in [0.1, 0.15) is 5.75 Å². The van der Waals surface area contributed by atoms with E-state index in [0.717, 1.165) is 31.6 Å². The highest BCUT2D eigenvalue weighted by atomic mass is 16.5. The van der Waals surface area contributed by atoms with Gasteiger partial charge in [-0.1, -0.05) is 31.2 Å². The van der Waals surface area contributed by atoms with Crippen molar-refractivity contribution in [2.45, 2.75) is 38.5 Å². The van der Waals surface area contributed by atoms with E-state index in [1.165, 1.54) is 21.9 Å². The number of ether oxygens (including phenoxy) is 1. The number of nitrogens with one attached hydrogen (secondary N) is 1. The molecule has 3 rings (SSSR count). The van der Waals surface area contributed by atoms with Gasteiger partial charge in [-0.3, -0.25) is 4.79 Å². The van der Waals surface area contributed by atoms with E-state index in [4.69, 9.17) is 4.74 Å². The van der Waals surface area contributed by atoms with E-state index in [1.54, 1.807) is 7.11 Å². The molecule has 0 fully saturated rings. The highest BCUT2D eigenvalue weighted by molar-refractivity contribution is 5.93. The first-order valence-electron chi connectivity index (χ1n) is 8.09. The van der Waals surface area contributed by atoms with Gasteiger partial charge in [0, 0.05) is 18.5 Å². The summed E-state index contributed by atoms with van der Waals surface area (Å²) < 4.78 is 5.59. The number of amides is 1. The second-order valence-electron chi connectivity index (χ2n) is 5.99. The summed E-state index contributed by atoms with van der Waals surface area (Å²) in [5.74, 6) is 1.56. The van der Waals surface area contributed by atoms with Gasteiger partial charge in [0.05, 0.1) is 7.11 Å². The lowest BCUT2D eigenvalue weighted by atomic mass is 9.95. The summed E-state index contributed by atoms with van der Waals surface area (Å²) in [6, 6.07) is 10.7. The van der Waals surface area contributed by atoms with Crippen LogP contribution in [0, 0.1) is 0 Å². The molecule has 0 bridgehead atoms. The quantitative estimate of drug-likeness (QED) is 0.881. The molecule has 0 aliphatic heterocycles. The number of carbonyl (C=O) groups excluding carboxylic acids is 1. The number of benzene rings is 2. The molecule has 22 heavy (non-hydrogen) atoms. The molecule has 1 N–H and O–H groups in total. The van der Waals surface area contributed by atoms with Crippen molar-refractivity contribution in [3.8, 4) is 5.75 Å². The number of hydrogen-bond acceptors (Lipinski definition) is 2. The molecule has 116 valence electrons. The van der Waals surface area contributed by atoms with E-state index in [0.29, 0.717) is 12.3 Å². The van der Waals surface area contributed by atoms with Crippen molar-refractivity contribution in [2.75, 3.05) is 13.7 Å². The topological polar surface area (TPSA) is 38.3 Å². The van der Waals surface area contributed by atoms with Gasteiger partial charge in [-0.15, -0.1) is 0 Å². The lowest BCUT2D eigenvalue weighted by Crippen LogP contribution is -2.25. The van der Waals surface area contributed by atoms with Gasteiger partial charge < -0.3 is 10.1 Å². The van der Waals surface area contributed by atoms with Crippen molar-refractivity contribution < 1.29 is 9.53 Å². The van der Waals surface area contributed by atoms with Crippen LogP contribution in [0.2, 0.25) is 0 Å². The van der Waals surface area contributed by atoms with Crippen LogP contribution in [-0.4, -0.2) is 19.6 Å². The van der Waals surface area contributed by atoms with Gasteiger partial charge in [0.25, 0.3) is 0 Å². The molecule has 3 nitrogen and oxygen atoms in total. The fraction of sp³-hybridized carbons (Fsp3) is 0.421. The van der Waals surface area contributed by atoms with Crippen molar-refractivity contribution in [3.05, 3.63) is 41.5 Å². The lowest BCUT2D eigenvalue weighted by Gasteiger charge is -2.15. The maximum atomic E-state index is 11.6. The van der Waals surface area contributed by atoms with Crippen molar-refractivity contribution in [3.63, 3.8) is 0 Å². The third kappa shape index (κ3) is 2.68. The molecule has 3 heteroatoms. The maximum Gasteiger partial charge on any atom is 0.219 e.